The van der Waals surface area contributed by atoms with Crippen LogP contribution in [-0.4, -0.2) is 0 Å². The predicted octanol–water partition coefficient (Wildman–Crippen LogP) is 4.76. The van der Waals surface area contributed by atoms with E-state index in [0.29, 0.717) is 0 Å². The zero-order valence-electron chi connectivity index (χ0n) is 13.7. The third-order valence-electron chi connectivity index (χ3n) is 4.97. The topological polar surface area (TPSA) is 3.88 Å². The molecule has 0 bridgehead atoms. The molecular formula is C20H26N+. The van der Waals surface area contributed by atoms with Crippen molar-refractivity contribution in [3.05, 3.63) is 52.7 Å². The highest BCUT2D eigenvalue weighted by molar-refractivity contribution is 5.63. The molecule has 0 atom stereocenters. The fourth-order valence-electron chi connectivity index (χ4n) is 3.85. The van der Waals surface area contributed by atoms with E-state index >= 15 is 0 Å². The summed E-state index contributed by atoms with van der Waals surface area (Å²) >= 11 is 0. The number of pyridine rings is 1. The first-order valence-electron chi connectivity index (χ1n) is 8.14. The van der Waals surface area contributed by atoms with E-state index in [4.69, 9.17) is 0 Å². The summed E-state index contributed by atoms with van der Waals surface area (Å²) in [5.74, 6) is 0.778. The van der Waals surface area contributed by atoms with Crippen LogP contribution in [0.5, 0.6) is 0 Å². The van der Waals surface area contributed by atoms with Crippen molar-refractivity contribution < 1.29 is 4.57 Å². The van der Waals surface area contributed by atoms with E-state index in [1.165, 1.54) is 53.6 Å². The normalized spacial score (nSPS) is 15.6. The largest absolute Gasteiger partial charge is 0.212 e. The van der Waals surface area contributed by atoms with Crippen molar-refractivity contribution >= 4 is 0 Å². The average molecular weight is 280 g/mol. The van der Waals surface area contributed by atoms with Crippen LogP contribution in [0.3, 0.4) is 0 Å². The van der Waals surface area contributed by atoms with Gasteiger partial charge in [0.15, 0.2) is 6.20 Å². The molecule has 1 aliphatic rings. The lowest BCUT2D eigenvalue weighted by Crippen LogP contribution is -2.31. The summed E-state index contributed by atoms with van der Waals surface area (Å²) in [6, 6.07) is 9.31. The minimum absolute atomic E-state index is 0.778. The molecular weight excluding hydrogens is 254 g/mol. The van der Waals surface area contributed by atoms with Gasteiger partial charge >= 0.3 is 0 Å². The van der Waals surface area contributed by atoms with E-state index < -0.39 is 0 Å². The summed E-state index contributed by atoms with van der Waals surface area (Å²) in [7, 11) is 2.15. The molecule has 0 N–H and O–H groups in total. The van der Waals surface area contributed by atoms with E-state index in [0.717, 1.165) is 5.92 Å². The second-order valence-corrected chi connectivity index (χ2v) is 6.71. The second kappa shape index (κ2) is 5.63. The highest BCUT2D eigenvalue weighted by Gasteiger charge is 2.21. The van der Waals surface area contributed by atoms with E-state index in [9.17, 15) is 0 Å². The van der Waals surface area contributed by atoms with Crippen molar-refractivity contribution in [3.63, 3.8) is 0 Å². The maximum atomic E-state index is 2.46. The molecule has 2 aromatic rings. The zero-order valence-corrected chi connectivity index (χ0v) is 13.7. The van der Waals surface area contributed by atoms with Gasteiger partial charge in [-0.2, -0.15) is 0 Å². The van der Waals surface area contributed by atoms with Gasteiger partial charge in [0, 0.05) is 17.2 Å². The number of rotatable bonds is 2. The number of aromatic nitrogens is 1. The Kier molecular flexibility index (Phi) is 3.84. The van der Waals surface area contributed by atoms with Crippen LogP contribution in [0.25, 0.3) is 11.3 Å². The summed E-state index contributed by atoms with van der Waals surface area (Å²) < 4.78 is 2.26. The van der Waals surface area contributed by atoms with Crippen LogP contribution in [0, 0.1) is 20.8 Å². The standard InChI is InChI=1S/C20H26N/c1-14-9-10-20(21(4)13-14)19-12-18(15(2)11-16(19)3)17-7-5-6-8-17/h9-13,17H,5-8H2,1-4H3/q+1. The summed E-state index contributed by atoms with van der Waals surface area (Å²) in [6.07, 6.45) is 7.73. The van der Waals surface area contributed by atoms with Crippen molar-refractivity contribution in [2.75, 3.05) is 0 Å². The van der Waals surface area contributed by atoms with Crippen molar-refractivity contribution in [1.29, 1.82) is 0 Å². The second-order valence-electron chi connectivity index (χ2n) is 6.71. The molecule has 1 nitrogen and oxygen atoms in total. The van der Waals surface area contributed by atoms with Gasteiger partial charge in [0.25, 0.3) is 0 Å². The molecule has 0 saturated heterocycles. The third kappa shape index (κ3) is 2.74. The van der Waals surface area contributed by atoms with Crippen molar-refractivity contribution in [2.24, 2.45) is 7.05 Å². The van der Waals surface area contributed by atoms with Gasteiger partial charge in [-0.3, -0.25) is 0 Å². The minimum Gasteiger partial charge on any atom is -0.201 e. The predicted molar refractivity (Wildman–Crippen MR) is 88.5 cm³/mol. The highest BCUT2D eigenvalue weighted by atomic mass is 14.9. The van der Waals surface area contributed by atoms with Crippen molar-refractivity contribution in [1.82, 2.24) is 0 Å². The first kappa shape index (κ1) is 14.3. The number of aryl methyl sites for hydroxylation is 4. The lowest BCUT2D eigenvalue weighted by Gasteiger charge is -2.16. The van der Waals surface area contributed by atoms with Crippen LogP contribution in [0.1, 0.15) is 53.9 Å². The fourth-order valence-corrected chi connectivity index (χ4v) is 3.85. The Morgan fingerprint density at radius 2 is 1.67 bits per heavy atom. The maximum Gasteiger partial charge on any atom is 0.212 e. The third-order valence-corrected chi connectivity index (χ3v) is 4.97. The highest BCUT2D eigenvalue weighted by Crippen LogP contribution is 2.38. The Balaban J connectivity index is 2.11. The number of hydrogen-bond donors (Lipinski definition) is 0. The van der Waals surface area contributed by atoms with Crippen LogP contribution in [-0.2, 0) is 7.05 Å². The number of benzene rings is 1. The number of hydrogen-bond acceptors (Lipinski definition) is 0. The summed E-state index contributed by atoms with van der Waals surface area (Å²) in [5, 5.41) is 0. The van der Waals surface area contributed by atoms with E-state index in [2.05, 4.69) is 62.8 Å². The molecule has 1 aromatic carbocycles. The van der Waals surface area contributed by atoms with Gasteiger partial charge in [-0.15, -0.1) is 0 Å². The lowest BCUT2D eigenvalue weighted by atomic mass is 9.89. The fraction of sp³-hybridized carbons (Fsp3) is 0.450. The van der Waals surface area contributed by atoms with Gasteiger partial charge in [0.1, 0.15) is 7.05 Å². The first-order chi connectivity index (χ1) is 10.1. The van der Waals surface area contributed by atoms with Gasteiger partial charge in [-0.25, -0.2) is 4.57 Å². The SMILES string of the molecule is Cc1ccc(-c2cc(C3CCCC3)c(C)cc2C)[n+](C)c1. The summed E-state index contributed by atoms with van der Waals surface area (Å²) in [5.41, 5.74) is 8.45. The molecule has 0 spiro atoms. The van der Waals surface area contributed by atoms with Crippen LogP contribution in [0.2, 0.25) is 0 Å². The summed E-state index contributed by atoms with van der Waals surface area (Å²) in [6.45, 7) is 6.66. The van der Waals surface area contributed by atoms with Crippen LogP contribution in [0.15, 0.2) is 30.5 Å². The molecule has 1 heterocycles. The molecule has 110 valence electrons. The van der Waals surface area contributed by atoms with Gasteiger partial charge in [0.2, 0.25) is 5.69 Å². The van der Waals surface area contributed by atoms with E-state index in [-0.39, 0.29) is 0 Å². The molecule has 0 unspecified atom stereocenters. The number of nitrogens with zero attached hydrogens (tertiary/aromatic N) is 1. The molecule has 1 fully saturated rings. The van der Waals surface area contributed by atoms with Crippen LogP contribution >= 0.6 is 0 Å². The summed E-state index contributed by atoms with van der Waals surface area (Å²) in [4.78, 5) is 0. The average Bonchev–Trinajstić information content (AvgIpc) is 2.94. The molecule has 3 rings (SSSR count). The van der Waals surface area contributed by atoms with E-state index in [1.807, 2.05) is 0 Å². The molecule has 1 aromatic heterocycles. The molecule has 1 saturated carbocycles. The Labute approximate surface area is 128 Å². The van der Waals surface area contributed by atoms with Gasteiger partial charge in [-0.1, -0.05) is 18.9 Å². The molecule has 1 heteroatoms. The van der Waals surface area contributed by atoms with Gasteiger partial charge in [0.05, 0.1) is 0 Å². The molecule has 0 amide bonds. The Morgan fingerprint density at radius 3 is 2.33 bits per heavy atom. The monoisotopic (exact) mass is 280 g/mol. The molecule has 21 heavy (non-hydrogen) atoms. The van der Waals surface area contributed by atoms with Crippen LogP contribution < -0.4 is 4.57 Å². The Bertz CT molecular complexity index is 664. The molecule has 1 aliphatic carbocycles. The van der Waals surface area contributed by atoms with Gasteiger partial charge in [-0.05, 0) is 68.4 Å². The maximum absolute atomic E-state index is 2.46. The zero-order chi connectivity index (χ0) is 15.0. The lowest BCUT2D eigenvalue weighted by molar-refractivity contribution is -0.660. The van der Waals surface area contributed by atoms with Crippen molar-refractivity contribution in [2.45, 2.75) is 52.4 Å². The Morgan fingerprint density at radius 1 is 0.952 bits per heavy atom. The van der Waals surface area contributed by atoms with Gasteiger partial charge < -0.3 is 0 Å². The first-order valence-corrected chi connectivity index (χ1v) is 8.14. The van der Waals surface area contributed by atoms with E-state index in [1.54, 1.807) is 5.56 Å². The van der Waals surface area contributed by atoms with Crippen LogP contribution in [0.4, 0.5) is 0 Å². The quantitative estimate of drug-likeness (QED) is 0.698. The van der Waals surface area contributed by atoms with Crippen molar-refractivity contribution in [3.8, 4) is 11.3 Å². The molecule has 0 aliphatic heterocycles. The minimum atomic E-state index is 0.778. The molecule has 0 radical (unpaired) electrons. The smallest absolute Gasteiger partial charge is 0.201 e. The Hall–Kier alpha value is -1.63.